The molecule has 1 saturated heterocycles. The van der Waals surface area contributed by atoms with Crippen LogP contribution in [0, 0.1) is 0 Å². The van der Waals surface area contributed by atoms with E-state index < -0.39 is 0 Å². The monoisotopic (exact) mass is 222 g/mol. The number of nitrogens with one attached hydrogen (secondary N) is 1. The van der Waals surface area contributed by atoms with E-state index in [1.165, 1.54) is 12.8 Å². The number of hydrogen-bond acceptors (Lipinski definition) is 3. The molecule has 0 saturated carbocycles. The number of imidazole rings is 1. The van der Waals surface area contributed by atoms with Gasteiger partial charge >= 0.3 is 0 Å². The van der Waals surface area contributed by atoms with Gasteiger partial charge in [0.2, 0.25) is 5.95 Å². The van der Waals surface area contributed by atoms with E-state index in [9.17, 15) is 0 Å². The fourth-order valence-electron chi connectivity index (χ4n) is 2.47. The first kappa shape index (κ1) is 11.5. The minimum atomic E-state index is 0.603. The SMILES string of the molecule is CCN(c1nccn1CC)C1CCCNC1. The Labute approximate surface area is 97.7 Å². The Morgan fingerprint density at radius 3 is 3.06 bits per heavy atom. The summed E-state index contributed by atoms with van der Waals surface area (Å²) < 4.78 is 2.22. The summed E-state index contributed by atoms with van der Waals surface area (Å²) in [6, 6.07) is 0.603. The number of piperidine rings is 1. The van der Waals surface area contributed by atoms with Gasteiger partial charge in [-0.25, -0.2) is 4.98 Å². The molecule has 0 radical (unpaired) electrons. The quantitative estimate of drug-likeness (QED) is 0.837. The molecule has 1 unspecified atom stereocenters. The van der Waals surface area contributed by atoms with Crippen LogP contribution >= 0.6 is 0 Å². The molecule has 1 aromatic rings. The zero-order valence-electron chi connectivity index (χ0n) is 10.3. The molecule has 0 amide bonds. The Morgan fingerprint density at radius 1 is 1.56 bits per heavy atom. The first-order valence-corrected chi connectivity index (χ1v) is 6.35. The summed E-state index contributed by atoms with van der Waals surface area (Å²) >= 11 is 0. The van der Waals surface area contributed by atoms with Crippen molar-refractivity contribution in [1.82, 2.24) is 14.9 Å². The molecule has 0 aromatic carbocycles. The molecule has 0 aliphatic carbocycles. The van der Waals surface area contributed by atoms with Crippen LogP contribution in [0.1, 0.15) is 26.7 Å². The summed E-state index contributed by atoms with van der Waals surface area (Å²) in [6.07, 6.45) is 6.51. The van der Waals surface area contributed by atoms with E-state index in [-0.39, 0.29) is 0 Å². The lowest BCUT2D eigenvalue weighted by Gasteiger charge is -2.34. The van der Waals surface area contributed by atoms with Crippen LogP contribution < -0.4 is 10.2 Å². The zero-order chi connectivity index (χ0) is 11.4. The van der Waals surface area contributed by atoms with Crippen molar-refractivity contribution in [3.8, 4) is 0 Å². The summed E-state index contributed by atoms with van der Waals surface area (Å²) in [6.45, 7) is 8.65. The third kappa shape index (κ3) is 2.21. The van der Waals surface area contributed by atoms with Gasteiger partial charge in [-0.2, -0.15) is 0 Å². The Bertz CT molecular complexity index is 315. The molecule has 2 rings (SSSR count). The van der Waals surface area contributed by atoms with Gasteiger partial charge in [-0.05, 0) is 33.2 Å². The van der Waals surface area contributed by atoms with Crippen LogP contribution in [0.2, 0.25) is 0 Å². The molecule has 90 valence electrons. The number of rotatable bonds is 4. The first-order chi connectivity index (χ1) is 7.86. The third-order valence-electron chi connectivity index (χ3n) is 3.34. The van der Waals surface area contributed by atoms with E-state index in [4.69, 9.17) is 0 Å². The Morgan fingerprint density at radius 2 is 2.44 bits per heavy atom. The maximum Gasteiger partial charge on any atom is 0.205 e. The van der Waals surface area contributed by atoms with Crippen LogP contribution in [0.5, 0.6) is 0 Å². The summed E-state index contributed by atoms with van der Waals surface area (Å²) in [5, 5.41) is 3.47. The molecule has 16 heavy (non-hydrogen) atoms. The molecule has 0 bridgehead atoms. The number of aromatic nitrogens is 2. The van der Waals surface area contributed by atoms with Crippen LogP contribution in [0.4, 0.5) is 5.95 Å². The summed E-state index contributed by atoms with van der Waals surface area (Å²) in [5.41, 5.74) is 0. The van der Waals surface area contributed by atoms with Gasteiger partial charge in [-0.1, -0.05) is 0 Å². The minimum absolute atomic E-state index is 0.603. The maximum atomic E-state index is 4.49. The van der Waals surface area contributed by atoms with Gasteiger partial charge in [0.1, 0.15) is 0 Å². The summed E-state index contributed by atoms with van der Waals surface area (Å²) in [7, 11) is 0. The topological polar surface area (TPSA) is 33.1 Å². The number of likely N-dealkylation sites (N-methyl/N-ethyl adjacent to an activating group) is 1. The van der Waals surface area contributed by atoms with Crippen molar-refractivity contribution in [1.29, 1.82) is 0 Å². The van der Waals surface area contributed by atoms with E-state index in [0.717, 1.165) is 32.1 Å². The third-order valence-corrected chi connectivity index (χ3v) is 3.34. The summed E-state index contributed by atoms with van der Waals surface area (Å²) in [5.74, 6) is 1.12. The maximum absolute atomic E-state index is 4.49. The number of aryl methyl sites for hydroxylation is 1. The number of hydrogen-bond donors (Lipinski definition) is 1. The van der Waals surface area contributed by atoms with Crippen molar-refractivity contribution in [3.63, 3.8) is 0 Å². The van der Waals surface area contributed by atoms with Crippen molar-refractivity contribution in [3.05, 3.63) is 12.4 Å². The predicted octanol–water partition coefficient (Wildman–Crippen LogP) is 1.48. The molecule has 1 aromatic heterocycles. The highest BCUT2D eigenvalue weighted by molar-refractivity contribution is 5.33. The van der Waals surface area contributed by atoms with Crippen LogP contribution in [0.3, 0.4) is 0 Å². The molecule has 4 nitrogen and oxygen atoms in total. The molecule has 2 heterocycles. The highest BCUT2D eigenvalue weighted by Gasteiger charge is 2.22. The molecule has 1 aliphatic heterocycles. The highest BCUT2D eigenvalue weighted by Crippen LogP contribution is 2.18. The van der Waals surface area contributed by atoms with Crippen molar-refractivity contribution in [2.75, 3.05) is 24.5 Å². The van der Waals surface area contributed by atoms with Crippen molar-refractivity contribution in [2.45, 2.75) is 39.3 Å². The molecule has 4 heteroatoms. The van der Waals surface area contributed by atoms with Crippen molar-refractivity contribution < 1.29 is 0 Å². The van der Waals surface area contributed by atoms with Gasteiger partial charge in [0.15, 0.2) is 0 Å². The Kier molecular flexibility index (Phi) is 3.83. The molecular weight excluding hydrogens is 200 g/mol. The fourth-order valence-corrected chi connectivity index (χ4v) is 2.47. The van der Waals surface area contributed by atoms with E-state index in [1.54, 1.807) is 0 Å². The molecule has 1 atom stereocenters. The lowest BCUT2D eigenvalue weighted by molar-refractivity contribution is 0.428. The lowest BCUT2D eigenvalue weighted by atomic mass is 10.1. The largest absolute Gasteiger partial charge is 0.338 e. The average Bonchev–Trinajstić information content (AvgIpc) is 2.80. The average molecular weight is 222 g/mol. The normalized spacial score (nSPS) is 21.0. The number of nitrogens with zero attached hydrogens (tertiary/aromatic N) is 3. The van der Waals surface area contributed by atoms with Gasteiger partial charge in [0.25, 0.3) is 0 Å². The van der Waals surface area contributed by atoms with Crippen LogP contribution in [-0.4, -0.2) is 35.2 Å². The molecule has 0 spiro atoms. The van der Waals surface area contributed by atoms with Gasteiger partial charge < -0.3 is 14.8 Å². The summed E-state index contributed by atoms with van der Waals surface area (Å²) in [4.78, 5) is 6.92. The number of anilines is 1. The van der Waals surface area contributed by atoms with Gasteiger partial charge in [-0.3, -0.25) is 0 Å². The molecule has 1 fully saturated rings. The minimum Gasteiger partial charge on any atom is -0.338 e. The Hall–Kier alpha value is -1.03. The van der Waals surface area contributed by atoms with Crippen molar-refractivity contribution in [2.24, 2.45) is 0 Å². The van der Waals surface area contributed by atoms with Crippen LogP contribution in [0.15, 0.2) is 12.4 Å². The van der Waals surface area contributed by atoms with E-state index in [0.29, 0.717) is 6.04 Å². The highest BCUT2D eigenvalue weighted by atomic mass is 15.3. The Balaban J connectivity index is 2.14. The second kappa shape index (κ2) is 5.34. The van der Waals surface area contributed by atoms with Crippen LogP contribution in [0.25, 0.3) is 0 Å². The molecule has 1 aliphatic rings. The predicted molar refractivity (Wildman–Crippen MR) is 66.8 cm³/mol. The van der Waals surface area contributed by atoms with Crippen LogP contribution in [-0.2, 0) is 6.54 Å². The first-order valence-electron chi connectivity index (χ1n) is 6.35. The zero-order valence-corrected chi connectivity index (χ0v) is 10.3. The molecule has 1 N–H and O–H groups in total. The van der Waals surface area contributed by atoms with Crippen molar-refractivity contribution >= 4 is 5.95 Å². The molecular formula is C12H22N4. The van der Waals surface area contributed by atoms with E-state index >= 15 is 0 Å². The second-order valence-electron chi connectivity index (χ2n) is 4.30. The van der Waals surface area contributed by atoms with E-state index in [1.807, 2.05) is 6.20 Å². The smallest absolute Gasteiger partial charge is 0.205 e. The van der Waals surface area contributed by atoms with Gasteiger partial charge in [0.05, 0.1) is 0 Å². The standard InChI is InChI=1S/C12H22N4/c1-3-15-9-8-14-12(15)16(4-2)11-6-5-7-13-10-11/h8-9,11,13H,3-7,10H2,1-2H3. The van der Waals surface area contributed by atoms with Gasteiger partial charge in [-0.15, -0.1) is 0 Å². The lowest BCUT2D eigenvalue weighted by Crippen LogP contribution is -2.47. The van der Waals surface area contributed by atoms with E-state index in [2.05, 4.69) is 39.8 Å². The fraction of sp³-hybridized carbons (Fsp3) is 0.750. The second-order valence-corrected chi connectivity index (χ2v) is 4.30. The van der Waals surface area contributed by atoms with Gasteiger partial charge in [0, 0.05) is 38.1 Å².